The zero-order valence-electron chi connectivity index (χ0n) is 13.5. The van der Waals surface area contributed by atoms with Crippen molar-refractivity contribution in [3.05, 3.63) is 52.5 Å². The SMILES string of the molecule is O=C(NCC1(c2cccc(Br)c2)CC1)Nc1ccc2c(c1)OC(F)(F)O2. The average molecular weight is 425 g/mol. The number of hydrogen-bond donors (Lipinski definition) is 2. The molecule has 2 aromatic rings. The van der Waals surface area contributed by atoms with Crippen molar-refractivity contribution < 1.29 is 23.0 Å². The second kappa shape index (κ2) is 6.12. The third kappa shape index (κ3) is 3.46. The number of alkyl halides is 2. The number of anilines is 1. The number of hydrogen-bond acceptors (Lipinski definition) is 3. The molecule has 2 aliphatic rings. The van der Waals surface area contributed by atoms with Gasteiger partial charge in [-0.25, -0.2) is 4.79 Å². The van der Waals surface area contributed by atoms with E-state index in [2.05, 4.69) is 48.2 Å². The number of amides is 2. The summed E-state index contributed by atoms with van der Waals surface area (Å²) in [6.45, 7) is 0.498. The minimum Gasteiger partial charge on any atom is -0.395 e. The van der Waals surface area contributed by atoms with Gasteiger partial charge in [0.1, 0.15) is 0 Å². The summed E-state index contributed by atoms with van der Waals surface area (Å²) in [6, 6.07) is 11.7. The molecule has 1 heterocycles. The van der Waals surface area contributed by atoms with Crippen LogP contribution in [0.5, 0.6) is 11.5 Å². The predicted octanol–water partition coefficient (Wildman–Crippen LogP) is 4.62. The van der Waals surface area contributed by atoms with E-state index in [4.69, 9.17) is 0 Å². The molecule has 2 aromatic carbocycles. The number of carbonyl (C=O) groups excluding carboxylic acids is 1. The zero-order valence-corrected chi connectivity index (χ0v) is 15.1. The quantitative estimate of drug-likeness (QED) is 0.752. The second-order valence-electron chi connectivity index (χ2n) is 6.43. The Hall–Kier alpha value is -2.35. The van der Waals surface area contributed by atoms with Crippen LogP contribution >= 0.6 is 15.9 Å². The number of halogens is 3. The van der Waals surface area contributed by atoms with Gasteiger partial charge in [0, 0.05) is 28.2 Å². The van der Waals surface area contributed by atoms with Gasteiger partial charge in [0.15, 0.2) is 11.5 Å². The highest BCUT2D eigenvalue weighted by Gasteiger charge is 2.45. The number of fused-ring (bicyclic) bond motifs is 1. The fourth-order valence-corrected chi connectivity index (χ4v) is 3.39. The first-order valence-electron chi connectivity index (χ1n) is 8.06. The van der Waals surface area contributed by atoms with Crippen molar-refractivity contribution in [1.82, 2.24) is 5.32 Å². The summed E-state index contributed by atoms with van der Waals surface area (Å²) in [6.07, 6.45) is -1.67. The Kier molecular flexibility index (Phi) is 4.02. The van der Waals surface area contributed by atoms with Crippen LogP contribution in [-0.4, -0.2) is 18.9 Å². The first-order chi connectivity index (χ1) is 12.4. The molecule has 1 aliphatic carbocycles. The van der Waals surface area contributed by atoms with Crippen molar-refractivity contribution in [3.63, 3.8) is 0 Å². The highest BCUT2D eigenvalue weighted by Crippen LogP contribution is 2.48. The van der Waals surface area contributed by atoms with Crippen molar-refractivity contribution >= 4 is 27.6 Å². The molecule has 1 saturated carbocycles. The standard InChI is InChI=1S/C18H15BrF2N2O3/c19-12-3-1-2-11(8-12)17(6-7-17)10-22-16(24)23-13-4-5-14-15(9-13)26-18(20,21)25-14/h1-5,8-9H,6-7,10H2,(H2,22,23,24). The topological polar surface area (TPSA) is 59.6 Å². The number of ether oxygens (including phenoxy) is 2. The summed E-state index contributed by atoms with van der Waals surface area (Å²) in [5.41, 5.74) is 1.48. The van der Waals surface area contributed by atoms with Gasteiger partial charge >= 0.3 is 12.3 Å². The van der Waals surface area contributed by atoms with E-state index in [1.54, 1.807) is 0 Å². The summed E-state index contributed by atoms with van der Waals surface area (Å²) in [4.78, 5) is 12.2. The molecule has 1 aliphatic heterocycles. The maximum absolute atomic E-state index is 13.0. The molecule has 0 atom stereocenters. The average Bonchev–Trinajstić information content (AvgIpc) is 3.30. The van der Waals surface area contributed by atoms with Crippen LogP contribution in [0.25, 0.3) is 0 Å². The third-order valence-corrected chi connectivity index (χ3v) is 5.03. The van der Waals surface area contributed by atoms with E-state index in [-0.39, 0.29) is 16.9 Å². The zero-order chi connectivity index (χ0) is 18.4. The molecule has 5 nitrogen and oxygen atoms in total. The molecule has 136 valence electrons. The van der Waals surface area contributed by atoms with Crippen LogP contribution in [0.4, 0.5) is 19.3 Å². The Morgan fingerprint density at radius 3 is 2.62 bits per heavy atom. The van der Waals surface area contributed by atoms with E-state index in [0.29, 0.717) is 12.2 Å². The van der Waals surface area contributed by atoms with Crippen LogP contribution in [0.3, 0.4) is 0 Å². The normalized spacial score (nSPS) is 18.3. The van der Waals surface area contributed by atoms with Crippen molar-refractivity contribution in [1.29, 1.82) is 0 Å². The number of nitrogens with one attached hydrogen (secondary N) is 2. The molecule has 0 aromatic heterocycles. The van der Waals surface area contributed by atoms with Gasteiger partial charge in [0.2, 0.25) is 0 Å². The largest absolute Gasteiger partial charge is 0.586 e. The number of benzene rings is 2. The molecule has 8 heteroatoms. The molecule has 0 bridgehead atoms. The second-order valence-corrected chi connectivity index (χ2v) is 7.34. The maximum atomic E-state index is 13.0. The Bertz CT molecular complexity index is 871. The lowest BCUT2D eigenvalue weighted by Gasteiger charge is -2.17. The van der Waals surface area contributed by atoms with E-state index < -0.39 is 12.3 Å². The molecule has 1 fully saturated rings. The fraction of sp³-hybridized carbons (Fsp3) is 0.278. The highest BCUT2D eigenvalue weighted by atomic mass is 79.9. The third-order valence-electron chi connectivity index (χ3n) is 4.54. The molecule has 26 heavy (non-hydrogen) atoms. The molecule has 0 saturated heterocycles. The van der Waals surface area contributed by atoms with Gasteiger partial charge < -0.3 is 20.1 Å². The number of rotatable bonds is 4. The molecule has 2 amide bonds. The highest BCUT2D eigenvalue weighted by molar-refractivity contribution is 9.10. The molecular formula is C18H15BrF2N2O3. The number of carbonyl (C=O) groups is 1. The van der Waals surface area contributed by atoms with E-state index in [1.807, 2.05) is 12.1 Å². The Morgan fingerprint density at radius 1 is 1.12 bits per heavy atom. The van der Waals surface area contributed by atoms with Gasteiger partial charge in [0.05, 0.1) is 0 Å². The van der Waals surface area contributed by atoms with Gasteiger partial charge in [-0.1, -0.05) is 28.1 Å². The first kappa shape index (κ1) is 17.1. The van der Waals surface area contributed by atoms with E-state index >= 15 is 0 Å². The molecular weight excluding hydrogens is 410 g/mol. The molecule has 0 spiro atoms. The van der Waals surface area contributed by atoms with Crippen molar-refractivity contribution in [2.24, 2.45) is 0 Å². The van der Waals surface area contributed by atoms with Crippen molar-refractivity contribution in [3.8, 4) is 11.5 Å². The molecule has 2 N–H and O–H groups in total. The Labute approximate surface area is 156 Å². The lowest BCUT2D eigenvalue weighted by molar-refractivity contribution is -0.286. The van der Waals surface area contributed by atoms with E-state index in [1.165, 1.54) is 23.8 Å². The van der Waals surface area contributed by atoms with Crippen LogP contribution in [0.1, 0.15) is 18.4 Å². The van der Waals surface area contributed by atoms with Gasteiger partial charge in [-0.3, -0.25) is 0 Å². The summed E-state index contributed by atoms with van der Waals surface area (Å²) < 4.78 is 35.8. The van der Waals surface area contributed by atoms with Crippen molar-refractivity contribution in [2.75, 3.05) is 11.9 Å². The van der Waals surface area contributed by atoms with Crippen LogP contribution < -0.4 is 20.1 Å². The summed E-state index contributed by atoms with van der Waals surface area (Å²) in [5, 5.41) is 5.47. The van der Waals surface area contributed by atoms with Gasteiger partial charge in [-0.2, -0.15) is 0 Å². The Balaban J connectivity index is 1.37. The minimum atomic E-state index is -3.68. The summed E-state index contributed by atoms with van der Waals surface area (Å²) >= 11 is 3.46. The summed E-state index contributed by atoms with van der Waals surface area (Å²) in [7, 11) is 0. The minimum absolute atomic E-state index is 0.0436. The maximum Gasteiger partial charge on any atom is 0.586 e. The van der Waals surface area contributed by atoms with Crippen LogP contribution in [0.2, 0.25) is 0 Å². The van der Waals surface area contributed by atoms with Crippen LogP contribution in [-0.2, 0) is 5.41 Å². The number of urea groups is 1. The van der Waals surface area contributed by atoms with Gasteiger partial charge in [-0.05, 0) is 42.7 Å². The van der Waals surface area contributed by atoms with Crippen molar-refractivity contribution in [2.45, 2.75) is 24.6 Å². The van der Waals surface area contributed by atoms with E-state index in [0.717, 1.165) is 17.3 Å². The molecule has 0 radical (unpaired) electrons. The van der Waals surface area contributed by atoms with Gasteiger partial charge in [0.25, 0.3) is 0 Å². The Morgan fingerprint density at radius 2 is 1.88 bits per heavy atom. The first-order valence-corrected chi connectivity index (χ1v) is 8.85. The monoisotopic (exact) mass is 424 g/mol. The lowest BCUT2D eigenvalue weighted by Crippen LogP contribution is -2.35. The van der Waals surface area contributed by atoms with Crippen LogP contribution in [0.15, 0.2) is 46.9 Å². The van der Waals surface area contributed by atoms with E-state index in [9.17, 15) is 13.6 Å². The summed E-state index contributed by atoms with van der Waals surface area (Å²) in [5.74, 6) is -0.173. The molecule has 4 rings (SSSR count). The smallest absolute Gasteiger partial charge is 0.395 e. The van der Waals surface area contributed by atoms with Crippen LogP contribution in [0, 0.1) is 0 Å². The fourth-order valence-electron chi connectivity index (χ4n) is 2.99. The molecule has 0 unspecified atom stereocenters. The predicted molar refractivity (Wildman–Crippen MR) is 94.7 cm³/mol. The van der Waals surface area contributed by atoms with Gasteiger partial charge in [-0.15, -0.1) is 8.78 Å². The lowest BCUT2D eigenvalue weighted by atomic mass is 9.96.